The average Bonchev–Trinajstić information content (AvgIpc) is 3.57. The summed E-state index contributed by atoms with van der Waals surface area (Å²) in [4.78, 5) is 16.1. The molecule has 7 nitrogen and oxygen atoms in total. The summed E-state index contributed by atoms with van der Waals surface area (Å²) in [6.45, 7) is 1.39. The van der Waals surface area contributed by atoms with Crippen molar-refractivity contribution in [2.24, 2.45) is 0 Å². The Morgan fingerprint density at radius 3 is 2.47 bits per heavy atom. The van der Waals surface area contributed by atoms with Crippen LogP contribution in [0.25, 0.3) is 10.8 Å². The average molecular weight is 598 g/mol. The molecule has 224 valence electrons. The largest absolute Gasteiger partial charge is 0.493 e. The Balaban J connectivity index is 1.21. The molecule has 1 saturated carbocycles. The van der Waals surface area contributed by atoms with Gasteiger partial charge in [0.1, 0.15) is 5.75 Å². The first kappa shape index (κ1) is 29.4. The van der Waals surface area contributed by atoms with Crippen molar-refractivity contribution in [1.82, 2.24) is 10.2 Å². The van der Waals surface area contributed by atoms with Crippen molar-refractivity contribution in [1.29, 1.82) is 0 Å². The van der Waals surface area contributed by atoms with Crippen LogP contribution in [-0.4, -0.2) is 39.3 Å². The van der Waals surface area contributed by atoms with Crippen molar-refractivity contribution in [3.63, 3.8) is 0 Å². The molecule has 43 heavy (non-hydrogen) atoms. The van der Waals surface area contributed by atoms with E-state index in [0.717, 1.165) is 34.2 Å². The summed E-state index contributed by atoms with van der Waals surface area (Å²) in [5.74, 6) is 0.635. The first-order valence-corrected chi connectivity index (χ1v) is 16.2. The molecule has 4 aromatic carbocycles. The number of ether oxygens (including phenoxy) is 1. The summed E-state index contributed by atoms with van der Waals surface area (Å²) in [5.41, 5.74) is 3.55. The monoisotopic (exact) mass is 597 g/mol. The van der Waals surface area contributed by atoms with Crippen LogP contribution in [0.15, 0.2) is 91.0 Å². The molecule has 1 aliphatic carbocycles. The zero-order valence-electron chi connectivity index (χ0n) is 24.5. The molecule has 3 unspecified atom stereocenters. The number of hydrogen-bond acceptors (Lipinski definition) is 4. The van der Waals surface area contributed by atoms with Gasteiger partial charge in [0.15, 0.2) is 0 Å². The molecule has 0 aromatic heterocycles. The van der Waals surface area contributed by atoms with E-state index in [1.54, 1.807) is 0 Å². The predicted molar refractivity (Wildman–Crippen MR) is 172 cm³/mol. The van der Waals surface area contributed by atoms with Crippen LogP contribution < -0.4 is 14.4 Å². The summed E-state index contributed by atoms with van der Waals surface area (Å²) in [6, 6.07) is 29.1. The summed E-state index contributed by atoms with van der Waals surface area (Å²) in [6.07, 6.45) is 5.82. The van der Waals surface area contributed by atoms with Crippen LogP contribution in [0.3, 0.4) is 0 Å². The maximum atomic E-state index is 13.7. The number of carbonyl (C=O) groups is 1. The van der Waals surface area contributed by atoms with E-state index in [9.17, 15) is 13.6 Å². The molecular formula is C35H39N3O4S. The first-order valence-electron chi connectivity index (χ1n) is 15.2. The second-order valence-corrected chi connectivity index (χ2v) is 12.6. The Bertz CT molecular complexity index is 1590. The lowest BCUT2D eigenvalue weighted by Crippen LogP contribution is -2.37. The minimum atomic E-state index is -2.37. The van der Waals surface area contributed by atoms with Gasteiger partial charge in [-0.2, -0.15) is 0 Å². The molecule has 0 radical (unpaired) electrons. The summed E-state index contributed by atoms with van der Waals surface area (Å²) in [5, 5.41) is 5.21. The van der Waals surface area contributed by atoms with Gasteiger partial charge in [0.05, 0.1) is 30.8 Å². The first-order chi connectivity index (χ1) is 21.0. The van der Waals surface area contributed by atoms with Gasteiger partial charge in [-0.05, 0) is 60.0 Å². The maximum absolute atomic E-state index is 13.7. The molecule has 1 aliphatic heterocycles. The molecule has 1 amide bonds. The zero-order chi connectivity index (χ0) is 29.8. The summed E-state index contributed by atoms with van der Waals surface area (Å²) in [7, 11) is 2.20. The molecule has 0 saturated heterocycles. The molecule has 1 fully saturated rings. The van der Waals surface area contributed by atoms with Gasteiger partial charge < -0.3 is 10.1 Å². The normalized spacial score (nSPS) is 18.2. The fourth-order valence-electron chi connectivity index (χ4n) is 6.58. The van der Waals surface area contributed by atoms with E-state index in [1.165, 1.54) is 35.6 Å². The SMILES string of the molecule is CN(Cc1ccc2c(c1)OCCC2NC(=O)CC(c1ccccc1)N(c1ccc2ccccc2c1)S(=O)O)C1CCCC1. The van der Waals surface area contributed by atoms with Gasteiger partial charge in [-0.15, -0.1) is 0 Å². The van der Waals surface area contributed by atoms with Crippen LogP contribution in [0.4, 0.5) is 5.69 Å². The Kier molecular flexibility index (Phi) is 9.07. The van der Waals surface area contributed by atoms with Crippen LogP contribution >= 0.6 is 0 Å². The molecule has 2 N–H and O–H groups in total. The van der Waals surface area contributed by atoms with E-state index in [-0.39, 0.29) is 18.4 Å². The molecule has 6 rings (SSSR count). The number of hydrogen-bond donors (Lipinski definition) is 2. The fraction of sp³-hybridized carbons (Fsp3) is 0.343. The highest BCUT2D eigenvalue weighted by Crippen LogP contribution is 2.36. The Labute approximate surface area is 256 Å². The number of carbonyl (C=O) groups excluding carboxylic acids is 1. The standard InChI is InChI=1S/C35H39N3O4S/c1-37(29-13-7-8-14-29)24-25-15-18-31-32(19-20-42-34(31)21-25)36-35(39)23-33(27-10-3-2-4-11-27)38(43(40)41)30-17-16-26-9-5-6-12-28(26)22-30/h2-6,9-12,15-18,21-22,29,32-33H,7-8,13-14,19-20,23-24H2,1H3,(H,36,39)(H,40,41). The van der Waals surface area contributed by atoms with Crippen molar-refractivity contribution in [2.75, 3.05) is 18.0 Å². The third kappa shape index (κ3) is 6.77. The van der Waals surface area contributed by atoms with Gasteiger partial charge in [0, 0.05) is 24.6 Å². The highest BCUT2D eigenvalue weighted by atomic mass is 32.2. The van der Waals surface area contributed by atoms with Gasteiger partial charge in [0.2, 0.25) is 5.91 Å². The van der Waals surface area contributed by atoms with Crippen molar-refractivity contribution in [3.05, 3.63) is 108 Å². The number of benzene rings is 4. The van der Waals surface area contributed by atoms with E-state index in [0.29, 0.717) is 24.8 Å². The number of nitrogens with one attached hydrogen (secondary N) is 1. The Morgan fingerprint density at radius 1 is 0.953 bits per heavy atom. The smallest absolute Gasteiger partial charge is 0.262 e. The number of amides is 1. The van der Waals surface area contributed by atoms with Gasteiger partial charge in [-0.25, -0.2) is 4.21 Å². The number of fused-ring (bicyclic) bond motifs is 2. The molecule has 2 aliphatic rings. The number of anilines is 1. The van der Waals surface area contributed by atoms with Crippen molar-refractivity contribution in [2.45, 2.75) is 63.2 Å². The van der Waals surface area contributed by atoms with E-state index in [4.69, 9.17) is 4.74 Å². The Hall–Kier alpha value is -3.72. The molecular weight excluding hydrogens is 558 g/mol. The molecule has 8 heteroatoms. The number of rotatable bonds is 10. The van der Waals surface area contributed by atoms with Gasteiger partial charge >= 0.3 is 0 Å². The van der Waals surface area contributed by atoms with E-state index in [2.05, 4.69) is 35.5 Å². The minimum absolute atomic E-state index is 0.0140. The quantitative estimate of drug-likeness (QED) is 0.194. The van der Waals surface area contributed by atoms with Crippen LogP contribution in [-0.2, 0) is 22.6 Å². The lowest BCUT2D eigenvalue weighted by molar-refractivity contribution is -0.122. The molecule has 3 atom stereocenters. The molecule has 0 spiro atoms. The third-order valence-corrected chi connectivity index (χ3v) is 9.64. The van der Waals surface area contributed by atoms with Crippen LogP contribution in [0.1, 0.15) is 67.3 Å². The highest BCUT2D eigenvalue weighted by Gasteiger charge is 2.30. The van der Waals surface area contributed by atoms with E-state index in [1.807, 2.05) is 72.8 Å². The van der Waals surface area contributed by atoms with Gasteiger partial charge in [-0.1, -0.05) is 85.6 Å². The summed E-state index contributed by atoms with van der Waals surface area (Å²) < 4.78 is 30.9. The topological polar surface area (TPSA) is 82.1 Å². The Morgan fingerprint density at radius 2 is 1.70 bits per heavy atom. The zero-order valence-corrected chi connectivity index (χ0v) is 25.3. The van der Waals surface area contributed by atoms with E-state index < -0.39 is 17.3 Å². The van der Waals surface area contributed by atoms with Crippen LogP contribution in [0, 0.1) is 0 Å². The highest BCUT2D eigenvalue weighted by molar-refractivity contribution is 7.80. The van der Waals surface area contributed by atoms with Crippen LogP contribution in [0.5, 0.6) is 5.75 Å². The van der Waals surface area contributed by atoms with E-state index >= 15 is 0 Å². The van der Waals surface area contributed by atoms with Crippen molar-refractivity contribution < 1.29 is 18.3 Å². The minimum Gasteiger partial charge on any atom is -0.493 e. The second-order valence-electron chi connectivity index (χ2n) is 11.7. The van der Waals surface area contributed by atoms with Crippen molar-refractivity contribution in [3.8, 4) is 5.75 Å². The fourth-order valence-corrected chi connectivity index (χ4v) is 7.29. The maximum Gasteiger partial charge on any atom is 0.262 e. The number of nitrogens with zero attached hydrogens (tertiary/aromatic N) is 2. The third-order valence-electron chi connectivity index (χ3n) is 8.83. The summed E-state index contributed by atoms with van der Waals surface area (Å²) >= 11 is -2.37. The molecule has 0 bridgehead atoms. The molecule has 1 heterocycles. The van der Waals surface area contributed by atoms with Gasteiger partial charge in [0.25, 0.3) is 11.3 Å². The molecule has 4 aromatic rings. The lowest BCUT2D eigenvalue weighted by Gasteiger charge is -2.32. The predicted octanol–water partition coefficient (Wildman–Crippen LogP) is 6.93. The van der Waals surface area contributed by atoms with Gasteiger partial charge in [-0.3, -0.25) is 18.6 Å². The van der Waals surface area contributed by atoms with Crippen LogP contribution in [0.2, 0.25) is 0 Å². The lowest BCUT2D eigenvalue weighted by atomic mass is 9.97. The second kappa shape index (κ2) is 13.3. The van der Waals surface area contributed by atoms with Crippen molar-refractivity contribution >= 4 is 33.6 Å².